The van der Waals surface area contributed by atoms with Gasteiger partial charge in [0.25, 0.3) is 0 Å². The Kier molecular flexibility index (Phi) is 3.80. The minimum atomic E-state index is -0.514. The van der Waals surface area contributed by atoms with Crippen LogP contribution in [0.15, 0.2) is 24.3 Å². The number of para-hydroxylation sites is 1. The fourth-order valence-corrected chi connectivity index (χ4v) is 1.56. The van der Waals surface area contributed by atoms with Crippen molar-refractivity contribution in [2.75, 3.05) is 13.4 Å². The summed E-state index contributed by atoms with van der Waals surface area (Å²) in [4.78, 5) is 0. The molecule has 0 unspecified atom stereocenters. The number of aliphatic hydroxyl groups excluding tert-OH is 1. The van der Waals surface area contributed by atoms with Gasteiger partial charge < -0.3 is 14.6 Å². The summed E-state index contributed by atoms with van der Waals surface area (Å²) >= 11 is 0. The third-order valence-electron chi connectivity index (χ3n) is 2.72. The van der Waals surface area contributed by atoms with E-state index in [1.54, 1.807) is 6.92 Å². The second-order valence-corrected chi connectivity index (χ2v) is 4.29. The highest BCUT2D eigenvalue weighted by atomic mass is 16.7. The summed E-state index contributed by atoms with van der Waals surface area (Å²) in [5.41, 5.74) is 0.803. The summed E-state index contributed by atoms with van der Waals surface area (Å²) in [6, 6.07) is 7.49. The quantitative estimate of drug-likeness (QED) is 0.593. The Morgan fingerprint density at radius 2 is 2.12 bits per heavy atom. The molecule has 88 valence electrons. The molecule has 0 radical (unpaired) electrons. The van der Waals surface area contributed by atoms with E-state index in [2.05, 4.69) is 0 Å². The molecule has 1 fully saturated rings. The largest absolute Gasteiger partial charge is 0.467 e. The van der Waals surface area contributed by atoms with Crippen molar-refractivity contribution < 1.29 is 14.6 Å². The van der Waals surface area contributed by atoms with E-state index < -0.39 is 6.10 Å². The maximum atomic E-state index is 9.54. The van der Waals surface area contributed by atoms with E-state index in [1.807, 2.05) is 24.3 Å². The summed E-state index contributed by atoms with van der Waals surface area (Å²) in [6.45, 7) is 2.78. The number of hydrogen-bond donors (Lipinski definition) is 1. The fraction of sp³-hybridized carbons (Fsp3) is 0.538. The van der Waals surface area contributed by atoms with Crippen molar-refractivity contribution >= 4 is 0 Å². The van der Waals surface area contributed by atoms with Crippen LogP contribution in [0.2, 0.25) is 0 Å². The van der Waals surface area contributed by atoms with E-state index in [-0.39, 0.29) is 6.79 Å². The Morgan fingerprint density at radius 3 is 2.81 bits per heavy atom. The van der Waals surface area contributed by atoms with Crippen LogP contribution in [0.3, 0.4) is 0 Å². The third kappa shape index (κ3) is 3.22. The van der Waals surface area contributed by atoms with Gasteiger partial charge in [0.1, 0.15) is 5.75 Å². The molecule has 2 rings (SSSR count). The van der Waals surface area contributed by atoms with Crippen molar-refractivity contribution in [1.82, 2.24) is 0 Å². The van der Waals surface area contributed by atoms with Gasteiger partial charge in [0.05, 0.1) is 12.7 Å². The maximum Gasteiger partial charge on any atom is 0.189 e. The highest BCUT2D eigenvalue weighted by Crippen LogP contribution is 2.29. The number of ether oxygens (including phenoxy) is 2. The summed E-state index contributed by atoms with van der Waals surface area (Å²) in [5, 5.41) is 9.54. The SMILES string of the molecule is C[C@@H](O)c1ccccc1OCOCC1CC1. The van der Waals surface area contributed by atoms with Crippen LogP contribution in [0.25, 0.3) is 0 Å². The molecular formula is C13H18O3. The van der Waals surface area contributed by atoms with E-state index in [0.717, 1.165) is 18.1 Å². The molecule has 3 heteroatoms. The van der Waals surface area contributed by atoms with E-state index in [0.29, 0.717) is 5.75 Å². The third-order valence-corrected chi connectivity index (χ3v) is 2.72. The summed E-state index contributed by atoms with van der Waals surface area (Å²) < 4.78 is 10.9. The molecule has 1 aromatic rings. The second-order valence-electron chi connectivity index (χ2n) is 4.29. The van der Waals surface area contributed by atoms with Crippen LogP contribution < -0.4 is 4.74 Å². The van der Waals surface area contributed by atoms with Gasteiger partial charge in [0, 0.05) is 5.56 Å². The first-order valence-electron chi connectivity index (χ1n) is 5.75. The molecule has 1 N–H and O–H groups in total. The van der Waals surface area contributed by atoms with Crippen LogP contribution in [0.4, 0.5) is 0 Å². The lowest BCUT2D eigenvalue weighted by atomic mass is 10.1. The first kappa shape index (κ1) is 11.4. The summed E-state index contributed by atoms with van der Waals surface area (Å²) in [7, 11) is 0. The fourth-order valence-electron chi connectivity index (χ4n) is 1.56. The zero-order chi connectivity index (χ0) is 11.4. The molecule has 1 aliphatic carbocycles. The van der Waals surface area contributed by atoms with Gasteiger partial charge in [-0.25, -0.2) is 0 Å². The number of rotatable bonds is 6. The number of aliphatic hydroxyl groups is 1. The Balaban J connectivity index is 1.82. The first-order valence-corrected chi connectivity index (χ1v) is 5.75. The van der Waals surface area contributed by atoms with Gasteiger partial charge in [-0.2, -0.15) is 0 Å². The van der Waals surface area contributed by atoms with Crippen LogP contribution in [-0.4, -0.2) is 18.5 Å². The highest BCUT2D eigenvalue weighted by molar-refractivity contribution is 5.34. The minimum absolute atomic E-state index is 0.264. The average molecular weight is 222 g/mol. The monoisotopic (exact) mass is 222 g/mol. The maximum absolute atomic E-state index is 9.54. The summed E-state index contributed by atoms with van der Waals surface area (Å²) in [6.07, 6.45) is 2.05. The standard InChI is InChI=1S/C13H18O3/c1-10(14)12-4-2-3-5-13(12)16-9-15-8-11-6-7-11/h2-5,10-11,14H,6-9H2,1H3/t10-/m1/s1. The van der Waals surface area contributed by atoms with Crippen molar-refractivity contribution in [2.45, 2.75) is 25.9 Å². The average Bonchev–Trinajstić information content (AvgIpc) is 3.08. The van der Waals surface area contributed by atoms with E-state index in [4.69, 9.17) is 9.47 Å². The second kappa shape index (κ2) is 5.32. The Bertz CT molecular complexity index is 332. The molecule has 0 saturated heterocycles. The van der Waals surface area contributed by atoms with Gasteiger partial charge >= 0.3 is 0 Å². The van der Waals surface area contributed by atoms with Crippen LogP contribution in [0, 0.1) is 5.92 Å². The van der Waals surface area contributed by atoms with Gasteiger partial charge in [-0.15, -0.1) is 0 Å². The van der Waals surface area contributed by atoms with E-state index in [1.165, 1.54) is 12.8 Å². The lowest BCUT2D eigenvalue weighted by Crippen LogP contribution is -2.07. The molecule has 0 aromatic heterocycles. The molecule has 0 amide bonds. The Hall–Kier alpha value is -1.06. The van der Waals surface area contributed by atoms with Crippen molar-refractivity contribution in [3.8, 4) is 5.75 Å². The predicted molar refractivity (Wildman–Crippen MR) is 61.2 cm³/mol. The van der Waals surface area contributed by atoms with Crippen LogP contribution in [-0.2, 0) is 4.74 Å². The molecule has 1 atom stereocenters. The first-order chi connectivity index (χ1) is 7.77. The summed E-state index contributed by atoms with van der Waals surface area (Å²) in [5.74, 6) is 1.45. The Morgan fingerprint density at radius 1 is 1.38 bits per heavy atom. The van der Waals surface area contributed by atoms with Crippen LogP contribution >= 0.6 is 0 Å². The molecule has 1 aromatic carbocycles. The molecular weight excluding hydrogens is 204 g/mol. The van der Waals surface area contributed by atoms with Gasteiger partial charge in [-0.05, 0) is 31.7 Å². The zero-order valence-electron chi connectivity index (χ0n) is 9.56. The van der Waals surface area contributed by atoms with Crippen LogP contribution in [0.5, 0.6) is 5.75 Å². The lowest BCUT2D eigenvalue weighted by molar-refractivity contribution is 0.00831. The van der Waals surface area contributed by atoms with Crippen molar-refractivity contribution in [2.24, 2.45) is 5.92 Å². The normalized spacial score (nSPS) is 17.1. The van der Waals surface area contributed by atoms with Gasteiger partial charge in [0.2, 0.25) is 0 Å². The topological polar surface area (TPSA) is 38.7 Å². The van der Waals surface area contributed by atoms with Crippen molar-refractivity contribution in [3.05, 3.63) is 29.8 Å². The van der Waals surface area contributed by atoms with Crippen LogP contribution in [0.1, 0.15) is 31.4 Å². The molecule has 0 spiro atoms. The number of hydrogen-bond acceptors (Lipinski definition) is 3. The Labute approximate surface area is 96.0 Å². The predicted octanol–water partition coefficient (Wildman–Crippen LogP) is 2.50. The molecule has 0 heterocycles. The number of benzene rings is 1. The van der Waals surface area contributed by atoms with Gasteiger partial charge in [-0.3, -0.25) is 0 Å². The minimum Gasteiger partial charge on any atom is -0.467 e. The molecule has 0 bridgehead atoms. The van der Waals surface area contributed by atoms with E-state index in [9.17, 15) is 5.11 Å². The zero-order valence-corrected chi connectivity index (χ0v) is 9.56. The molecule has 16 heavy (non-hydrogen) atoms. The molecule has 1 saturated carbocycles. The van der Waals surface area contributed by atoms with Gasteiger partial charge in [0.15, 0.2) is 6.79 Å². The molecule has 3 nitrogen and oxygen atoms in total. The van der Waals surface area contributed by atoms with Crippen molar-refractivity contribution in [3.63, 3.8) is 0 Å². The lowest BCUT2D eigenvalue weighted by Gasteiger charge is -2.13. The molecule has 1 aliphatic rings. The molecule has 0 aliphatic heterocycles. The highest BCUT2D eigenvalue weighted by Gasteiger charge is 2.21. The van der Waals surface area contributed by atoms with E-state index >= 15 is 0 Å². The van der Waals surface area contributed by atoms with Crippen molar-refractivity contribution in [1.29, 1.82) is 0 Å². The smallest absolute Gasteiger partial charge is 0.189 e. The van der Waals surface area contributed by atoms with Gasteiger partial charge in [-0.1, -0.05) is 18.2 Å².